The SMILES string of the molecule is O=C(O)c1ccn(CCc2ccncc2)n1. The molecule has 0 bridgehead atoms. The maximum absolute atomic E-state index is 10.6. The van der Waals surface area contributed by atoms with Crippen LogP contribution in [0.5, 0.6) is 0 Å². The molecular formula is C11H11N3O2. The van der Waals surface area contributed by atoms with Gasteiger partial charge in [0.05, 0.1) is 0 Å². The van der Waals surface area contributed by atoms with E-state index < -0.39 is 5.97 Å². The zero-order chi connectivity index (χ0) is 11.4. The maximum Gasteiger partial charge on any atom is 0.356 e. The molecular weight excluding hydrogens is 206 g/mol. The fraction of sp³-hybridized carbons (Fsp3) is 0.182. The van der Waals surface area contributed by atoms with Crippen molar-refractivity contribution in [1.82, 2.24) is 14.8 Å². The second kappa shape index (κ2) is 4.57. The normalized spacial score (nSPS) is 10.2. The summed E-state index contributed by atoms with van der Waals surface area (Å²) in [5.41, 5.74) is 1.23. The molecule has 16 heavy (non-hydrogen) atoms. The van der Waals surface area contributed by atoms with Gasteiger partial charge in [-0.1, -0.05) is 0 Å². The molecule has 0 saturated heterocycles. The summed E-state index contributed by atoms with van der Waals surface area (Å²) >= 11 is 0. The van der Waals surface area contributed by atoms with E-state index >= 15 is 0 Å². The van der Waals surface area contributed by atoms with Crippen LogP contribution < -0.4 is 0 Å². The summed E-state index contributed by atoms with van der Waals surface area (Å²) in [6, 6.07) is 5.36. The Kier molecular flexibility index (Phi) is 2.95. The molecule has 0 radical (unpaired) electrons. The van der Waals surface area contributed by atoms with E-state index in [9.17, 15) is 4.79 Å². The van der Waals surface area contributed by atoms with Gasteiger partial charge in [0.1, 0.15) is 0 Å². The number of hydrogen-bond acceptors (Lipinski definition) is 3. The van der Waals surface area contributed by atoms with Crippen LogP contribution in [-0.4, -0.2) is 25.8 Å². The second-order valence-electron chi connectivity index (χ2n) is 3.37. The molecule has 2 aromatic heterocycles. The Hall–Kier alpha value is -2.17. The summed E-state index contributed by atoms with van der Waals surface area (Å²) in [6.07, 6.45) is 5.95. The lowest BCUT2D eigenvalue weighted by atomic mass is 10.2. The lowest BCUT2D eigenvalue weighted by Gasteiger charge is -2.01. The zero-order valence-electron chi connectivity index (χ0n) is 8.58. The standard InChI is InChI=1S/C11H11N3O2/c15-11(16)10-4-8-14(13-10)7-3-9-1-5-12-6-2-9/h1-2,4-6,8H,3,7H2,(H,15,16). The molecule has 82 valence electrons. The summed E-state index contributed by atoms with van der Waals surface area (Å²) in [5.74, 6) is -0.998. The summed E-state index contributed by atoms with van der Waals surface area (Å²) in [4.78, 5) is 14.5. The summed E-state index contributed by atoms with van der Waals surface area (Å²) < 4.78 is 1.63. The summed E-state index contributed by atoms with van der Waals surface area (Å²) in [5, 5.41) is 12.6. The average molecular weight is 217 g/mol. The van der Waals surface area contributed by atoms with Gasteiger partial charge in [-0.15, -0.1) is 0 Å². The highest BCUT2D eigenvalue weighted by atomic mass is 16.4. The van der Waals surface area contributed by atoms with Gasteiger partial charge < -0.3 is 5.11 Å². The van der Waals surface area contributed by atoms with E-state index in [1.54, 1.807) is 23.3 Å². The zero-order valence-corrected chi connectivity index (χ0v) is 8.58. The number of pyridine rings is 1. The molecule has 0 aliphatic carbocycles. The van der Waals surface area contributed by atoms with Crippen LogP contribution >= 0.6 is 0 Å². The van der Waals surface area contributed by atoms with Crippen molar-refractivity contribution in [2.24, 2.45) is 0 Å². The molecule has 0 amide bonds. The molecule has 5 heteroatoms. The lowest BCUT2D eigenvalue weighted by Crippen LogP contribution is -2.04. The Morgan fingerprint density at radius 2 is 2.06 bits per heavy atom. The van der Waals surface area contributed by atoms with Gasteiger partial charge in [-0.3, -0.25) is 9.67 Å². The Balaban J connectivity index is 1.97. The molecule has 0 aliphatic rings. The van der Waals surface area contributed by atoms with Gasteiger partial charge >= 0.3 is 5.97 Å². The van der Waals surface area contributed by atoms with Crippen molar-refractivity contribution in [3.8, 4) is 0 Å². The van der Waals surface area contributed by atoms with Crippen molar-refractivity contribution in [2.45, 2.75) is 13.0 Å². The second-order valence-corrected chi connectivity index (χ2v) is 3.37. The van der Waals surface area contributed by atoms with E-state index in [0.29, 0.717) is 6.54 Å². The van der Waals surface area contributed by atoms with Gasteiger partial charge in [-0.25, -0.2) is 4.79 Å². The van der Waals surface area contributed by atoms with E-state index in [2.05, 4.69) is 10.1 Å². The van der Waals surface area contributed by atoms with Crippen molar-refractivity contribution < 1.29 is 9.90 Å². The molecule has 5 nitrogen and oxygen atoms in total. The Morgan fingerprint density at radius 3 is 2.69 bits per heavy atom. The molecule has 0 aromatic carbocycles. The topological polar surface area (TPSA) is 68.0 Å². The van der Waals surface area contributed by atoms with Gasteiger partial charge in [0.25, 0.3) is 0 Å². The van der Waals surface area contributed by atoms with E-state index in [1.165, 1.54) is 6.07 Å². The third-order valence-corrected chi connectivity index (χ3v) is 2.24. The van der Waals surface area contributed by atoms with Crippen molar-refractivity contribution >= 4 is 5.97 Å². The highest BCUT2D eigenvalue weighted by molar-refractivity contribution is 5.84. The van der Waals surface area contributed by atoms with Gasteiger partial charge in [0.15, 0.2) is 5.69 Å². The first-order valence-corrected chi connectivity index (χ1v) is 4.91. The van der Waals surface area contributed by atoms with Gasteiger partial charge in [0, 0.05) is 25.1 Å². The number of carbonyl (C=O) groups is 1. The highest BCUT2D eigenvalue weighted by Gasteiger charge is 2.05. The molecule has 0 unspecified atom stereocenters. The Bertz CT molecular complexity index is 479. The summed E-state index contributed by atoms with van der Waals surface area (Å²) in [7, 11) is 0. The average Bonchev–Trinajstić information content (AvgIpc) is 2.76. The van der Waals surface area contributed by atoms with Crippen LogP contribution in [0.4, 0.5) is 0 Å². The monoisotopic (exact) mass is 217 g/mol. The first kappa shape index (κ1) is 10.4. The molecule has 2 rings (SSSR count). The lowest BCUT2D eigenvalue weighted by molar-refractivity contribution is 0.0689. The van der Waals surface area contributed by atoms with Gasteiger partial charge in [-0.2, -0.15) is 5.10 Å². The third kappa shape index (κ3) is 2.44. The van der Waals surface area contributed by atoms with E-state index in [4.69, 9.17) is 5.11 Å². The van der Waals surface area contributed by atoms with Crippen LogP contribution in [-0.2, 0) is 13.0 Å². The number of rotatable bonds is 4. The number of aromatic nitrogens is 3. The van der Waals surface area contributed by atoms with Gasteiger partial charge in [-0.05, 0) is 30.2 Å². The molecule has 0 fully saturated rings. The van der Waals surface area contributed by atoms with Crippen LogP contribution in [0.2, 0.25) is 0 Å². The molecule has 0 aliphatic heterocycles. The smallest absolute Gasteiger partial charge is 0.356 e. The minimum absolute atomic E-state index is 0.0785. The summed E-state index contributed by atoms with van der Waals surface area (Å²) in [6.45, 7) is 0.664. The van der Waals surface area contributed by atoms with E-state index in [1.807, 2.05) is 12.1 Å². The van der Waals surface area contributed by atoms with Crippen LogP contribution in [0.1, 0.15) is 16.1 Å². The third-order valence-electron chi connectivity index (χ3n) is 2.24. The van der Waals surface area contributed by atoms with E-state index in [-0.39, 0.29) is 5.69 Å². The molecule has 0 spiro atoms. The minimum atomic E-state index is -0.998. The number of carboxylic acids is 1. The van der Waals surface area contributed by atoms with Crippen molar-refractivity contribution in [1.29, 1.82) is 0 Å². The molecule has 0 atom stereocenters. The van der Waals surface area contributed by atoms with Crippen molar-refractivity contribution in [3.05, 3.63) is 48.0 Å². The van der Waals surface area contributed by atoms with Crippen LogP contribution in [0, 0.1) is 0 Å². The number of aryl methyl sites for hydroxylation is 2. The first-order valence-electron chi connectivity index (χ1n) is 4.91. The van der Waals surface area contributed by atoms with Crippen LogP contribution in [0.3, 0.4) is 0 Å². The fourth-order valence-electron chi connectivity index (χ4n) is 1.39. The van der Waals surface area contributed by atoms with E-state index in [0.717, 1.165) is 12.0 Å². The molecule has 0 saturated carbocycles. The Labute approximate surface area is 92.4 Å². The largest absolute Gasteiger partial charge is 0.476 e. The molecule has 1 N–H and O–H groups in total. The highest BCUT2D eigenvalue weighted by Crippen LogP contribution is 2.01. The number of aromatic carboxylic acids is 1. The van der Waals surface area contributed by atoms with Gasteiger partial charge in [0.2, 0.25) is 0 Å². The first-order chi connectivity index (χ1) is 7.75. The van der Waals surface area contributed by atoms with Crippen molar-refractivity contribution in [2.75, 3.05) is 0 Å². The Morgan fingerprint density at radius 1 is 1.31 bits per heavy atom. The predicted octanol–water partition coefficient (Wildman–Crippen LogP) is 1.22. The number of nitrogens with zero attached hydrogens (tertiary/aromatic N) is 3. The number of hydrogen-bond donors (Lipinski definition) is 1. The molecule has 2 heterocycles. The number of carboxylic acid groups (broad SMARTS) is 1. The predicted molar refractivity (Wildman–Crippen MR) is 57.1 cm³/mol. The van der Waals surface area contributed by atoms with Crippen LogP contribution in [0.25, 0.3) is 0 Å². The molecule has 2 aromatic rings. The van der Waals surface area contributed by atoms with Crippen molar-refractivity contribution in [3.63, 3.8) is 0 Å². The minimum Gasteiger partial charge on any atom is -0.476 e. The fourth-order valence-corrected chi connectivity index (χ4v) is 1.39. The van der Waals surface area contributed by atoms with Crippen LogP contribution in [0.15, 0.2) is 36.8 Å². The maximum atomic E-state index is 10.6. The quantitative estimate of drug-likeness (QED) is 0.836.